The zero-order chi connectivity index (χ0) is 10.4. The van der Waals surface area contributed by atoms with Crippen LogP contribution in [0.2, 0.25) is 0 Å². The lowest BCUT2D eigenvalue weighted by Gasteiger charge is -2.04. The molecule has 0 radical (unpaired) electrons. The van der Waals surface area contributed by atoms with Crippen molar-refractivity contribution in [2.24, 2.45) is 0 Å². The summed E-state index contributed by atoms with van der Waals surface area (Å²) in [6, 6.07) is 6.49. The van der Waals surface area contributed by atoms with Crippen LogP contribution in [0.5, 0.6) is 5.75 Å². The molecule has 14 heavy (non-hydrogen) atoms. The first-order valence-electron chi connectivity index (χ1n) is 4.22. The van der Waals surface area contributed by atoms with Gasteiger partial charge in [0.05, 0.1) is 13.3 Å². The fourth-order valence-electron chi connectivity index (χ4n) is 0.953. The Bertz CT molecular complexity index is 315. The molecule has 0 aliphatic rings. The van der Waals surface area contributed by atoms with E-state index in [0.29, 0.717) is 24.3 Å². The second kappa shape index (κ2) is 5.60. The minimum atomic E-state index is -0.527. The molecule has 76 valence electrons. The van der Waals surface area contributed by atoms with E-state index in [0.717, 1.165) is 0 Å². The lowest BCUT2D eigenvalue weighted by molar-refractivity contribution is 0.108. The fraction of sp³-hybridized carbons (Fsp3) is 0.300. The Kier molecular flexibility index (Phi) is 4.40. The molecule has 0 aliphatic carbocycles. The number of ether oxygens (including phenoxy) is 1. The Morgan fingerprint density at radius 1 is 1.50 bits per heavy atom. The molecule has 0 heterocycles. The SMILES string of the molecule is O=C(Cl)c1cccc(OCCCF)c1. The smallest absolute Gasteiger partial charge is 0.252 e. The van der Waals surface area contributed by atoms with E-state index in [4.69, 9.17) is 16.3 Å². The van der Waals surface area contributed by atoms with Gasteiger partial charge in [0.25, 0.3) is 5.24 Å². The van der Waals surface area contributed by atoms with Gasteiger partial charge in [0.2, 0.25) is 0 Å². The Balaban J connectivity index is 2.59. The van der Waals surface area contributed by atoms with Crippen LogP contribution in [0.15, 0.2) is 24.3 Å². The summed E-state index contributed by atoms with van der Waals surface area (Å²) in [7, 11) is 0. The highest BCUT2D eigenvalue weighted by Crippen LogP contribution is 2.14. The molecule has 0 aromatic heterocycles. The standard InChI is InChI=1S/C10H10ClFO2/c11-10(13)8-3-1-4-9(7-8)14-6-2-5-12/h1,3-4,7H,2,5-6H2. The summed E-state index contributed by atoms with van der Waals surface area (Å²) in [4.78, 5) is 10.8. The molecule has 4 heteroatoms. The van der Waals surface area contributed by atoms with Gasteiger partial charge >= 0.3 is 0 Å². The average molecular weight is 217 g/mol. The molecule has 0 amide bonds. The van der Waals surface area contributed by atoms with Crippen molar-refractivity contribution in [3.8, 4) is 5.75 Å². The normalized spacial score (nSPS) is 9.86. The summed E-state index contributed by atoms with van der Waals surface area (Å²) in [5.41, 5.74) is 0.379. The maximum absolute atomic E-state index is 11.7. The Hall–Kier alpha value is -1.09. The van der Waals surface area contributed by atoms with Gasteiger partial charge in [-0.3, -0.25) is 9.18 Å². The molecule has 0 bridgehead atoms. The molecule has 1 aromatic rings. The van der Waals surface area contributed by atoms with E-state index >= 15 is 0 Å². The Morgan fingerprint density at radius 3 is 2.93 bits per heavy atom. The zero-order valence-electron chi connectivity index (χ0n) is 7.50. The molecule has 0 saturated carbocycles. The van der Waals surface area contributed by atoms with E-state index < -0.39 is 11.9 Å². The Labute approximate surface area is 86.6 Å². The van der Waals surface area contributed by atoms with Crippen LogP contribution in [0.25, 0.3) is 0 Å². The van der Waals surface area contributed by atoms with Crippen molar-refractivity contribution in [3.05, 3.63) is 29.8 Å². The highest BCUT2D eigenvalue weighted by molar-refractivity contribution is 6.67. The van der Waals surface area contributed by atoms with Gasteiger partial charge in [-0.15, -0.1) is 0 Å². The van der Waals surface area contributed by atoms with Gasteiger partial charge in [-0.2, -0.15) is 0 Å². The molecule has 2 nitrogen and oxygen atoms in total. The van der Waals surface area contributed by atoms with Crippen LogP contribution in [0.4, 0.5) is 4.39 Å². The number of carbonyl (C=O) groups excluding carboxylic acids is 1. The van der Waals surface area contributed by atoms with E-state index in [2.05, 4.69) is 0 Å². The molecule has 0 saturated heterocycles. The highest BCUT2D eigenvalue weighted by atomic mass is 35.5. The van der Waals surface area contributed by atoms with Gasteiger partial charge in [0.15, 0.2) is 0 Å². The van der Waals surface area contributed by atoms with E-state index in [-0.39, 0.29) is 0 Å². The fourth-order valence-corrected chi connectivity index (χ4v) is 1.07. The largest absolute Gasteiger partial charge is 0.493 e. The summed E-state index contributed by atoms with van der Waals surface area (Å²) < 4.78 is 16.9. The van der Waals surface area contributed by atoms with Crippen molar-refractivity contribution in [2.45, 2.75) is 6.42 Å². The molecular formula is C10H10ClFO2. The number of benzene rings is 1. The Morgan fingerprint density at radius 2 is 2.29 bits per heavy atom. The summed E-state index contributed by atoms with van der Waals surface area (Å²) in [5, 5.41) is -0.527. The molecule has 1 rings (SSSR count). The van der Waals surface area contributed by atoms with Crippen LogP contribution in [-0.4, -0.2) is 18.5 Å². The van der Waals surface area contributed by atoms with Gasteiger partial charge in [0, 0.05) is 12.0 Å². The number of carbonyl (C=O) groups is 1. The lowest BCUT2D eigenvalue weighted by Crippen LogP contribution is -1.99. The van der Waals surface area contributed by atoms with Gasteiger partial charge in [-0.1, -0.05) is 6.07 Å². The molecule has 0 atom stereocenters. The first-order chi connectivity index (χ1) is 6.74. The first kappa shape index (κ1) is 11.0. The number of alkyl halides is 1. The van der Waals surface area contributed by atoms with Crippen molar-refractivity contribution in [1.29, 1.82) is 0 Å². The first-order valence-corrected chi connectivity index (χ1v) is 4.60. The second-order valence-corrected chi connectivity index (χ2v) is 3.04. The summed E-state index contributed by atoms with van der Waals surface area (Å²) in [6.45, 7) is -0.107. The predicted molar refractivity (Wildman–Crippen MR) is 52.7 cm³/mol. The van der Waals surface area contributed by atoms with Crippen molar-refractivity contribution in [2.75, 3.05) is 13.3 Å². The summed E-state index contributed by atoms with van der Waals surface area (Å²) in [6.07, 6.45) is 0.346. The van der Waals surface area contributed by atoms with E-state index in [9.17, 15) is 9.18 Å². The number of hydrogen-bond donors (Lipinski definition) is 0. The molecule has 0 aliphatic heterocycles. The van der Waals surface area contributed by atoms with Crippen LogP contribution in [-0.2, 0) is 0 Å². The topological polar surface area (TPSA) is 26.3 Å². The highest BCUT2D eigenvalue weighted by Gasteiger charge is 2.02. The third kappa shape index (κ3) is 3.34. The maximum atomic E-state index is 11.7. The molecule has 0 spiro atoms. The zero-order valence-corrected chi connectivity index (χ0v) is 8.26. The quantitative estimate of drug-likeness (QED) is 0.559. The number of hydrogen-bond acceptors (Lipinski definition) is 2. The third-order valence-electron chi connectivity index (χ3n) is 1.61. The van der Waals surface area contributed by atoms with Crippen molar-refractivity contribution < 1.29 is 13.9 Å². The van der Waals surface area contributed by atoms with Crippen LogP contribution >= 0.6 is 11.6 Å². The molecular weight excluding hydrogens is 207 g/mol. The molecule has 0 fully saturated rings. The second-order valence-electron chi connectivity index (χ2n) is 2.69. The predicted octanol–water partition coefficient (Wildman–Crippen LogP) is 2.80. The van der Waals surface area contributed by atoms with Crippen molar-refractivity contribution in [1.82, 2.24) is 0 Å². The van der Waals surface area contributed by atoms with E-state index in [1.165, 1.54) is 6.07 Å². The number of halogens is 2. The van der Waals surface area contributed by atoms with Crippen LogP contribution in [0, 0.1) is 0 Å². The summed E-state index contributed by atoms with van der Waals surface area (Å²) >= 11 is 5.28. The van der Waals surface area contributed by atoms with E-state index in [1.54, 1.807) is 18.2 Å². The molecule has 0 N–H and O–H groups in total. The van der Waals surface area contributed by atoms with Crippen LogP contribution in [0.1, 0.15) is 16.8 Å². The molecule has 1 aromatic carbocycles. The van der Waals surface area contributed by atoms with Crippen molar-refractivity contribution in [3.63, 3.8) is 0 Å². The van der Waals surface area contributed by atoms with Gasteiger partial charge in [0.1, 0.15) is 5.75 Å². The van der Waals surface area contributed by atoms with Gasteiger partial charge in [-0.25, -0.2) is 0 Å². The molecule has 0 unspecified atom stereocenters. The summed E-state index contributed by atoms with van der Waals surface area (Å²) in [5.74, 6) is 0.532. The minimum Gasteiger partial charge on any atom is -0.493 e. The lowest BCUT2D eigenvalue weighted by atomic mass is 10.2. The van der Waals surface area contributed by atoms with Gasteiger partial charge < -0.3 is 4.74 Å². The van der Waals surface area contributed by atoms with Crippen molar-refractivity contribution >= 4 is 16.8 Å². The van der Waals surface area contributed by atoms with Crippen LogP contribution in [0.3, 0.4) is 0 Å². The number of rotatable bonds is 5. The minimum absolute atomic E-state index is 0.302. The van der Waals surface area contributed by atoms with E-state index in [1.807, 2.05) is 0 Å². The maximum Gasteiger partial charge on any atom is 0.252 e. The third-order valence-corrected chi connectivity index (χ3v) is 1.83. The van der Waals surface area contributed by atoms with Crippen LogP contribution < -0.4 is 4.74 Å². The average Bonchev–Trinajstić information content (AvgIpc) is 2.19. The monoisotopic (exact) mass is 216 g/mol. The van der Waals surface area contributed by atoms with Gasteiger partial charge in [-0.05, 0) is 29.8 Å².